The summed E-state index contributed by atoms with van der Waals surface area (Å²) in [5.41, 5.74) is 2.09. The maximum absolute atomic E-state index is 14.0. The monoisotopic (exact) mass is 311 g/mol. The molecule has 2 aromatic carbocycles. The minimum Gasteiger partial charge on any atom is -0.310 e. The molecule has 1 N–H and O–H groups in total. The maximum Gasteiger partial charge on any atom is 0.131 e. The molecule has 1 nitrogen and oxygen atoms in total. The Morgan fingerprint density at radius 2 is 1.85 bits per heavy atom. The lowest BCUT2D eigenvalue weighted by Crippen LogP contribution is -2.21. The number of halogens is 3. The van der Waals surface area contributed by atoms with Crippen molar-refractivity contribution in [1.29, 1.82) is 0 Å². The predicted octanol–water partition coefficient (Wildman–Crippen LogP) is 5.30. The van der Waals surface area contributed by atoms with Gasteiger partial charge in [0.05, 0.1) is 10.0 Å². The molecule has 0 aliphatic heterocycles. The predicted molar refractivity (Wildman–Crippen MR) is 83.8 cm³/mol. The number of rotatable bonds is 4. The third-order valence-corrected chi connectivity index (χ3v) is 3.81. The van der Waals surface area contributed by atoms with Crippen LogP contribution in [0.3, 0.4) is 0 Å². The van der Waals surface area contributed by atoms with E-state index < -0.39 is 0 Å². The van der Waals surface area contributed by atoms with E-state index in [1.165, 1.54) is 6.07 Å². The Balaban J connectivity index is 2.40. The number of benzene rings is 2. The van der Waals surface area contributed by atoms with Crippen molar-refractivity contribution in [2.24, 2.45) is 0 Å². The normalized spacial score (nSPS) is 11.1. The fourth-order valence-electron chi connectivity index (χ4n) is 1.92. The van der Waals surface area contributed by atoms with Crippen LogP contribution < -0.4 is 5.32 Å². The van der Waals surface area contributed by atoms with Crippen molar-refractivity contribution in [2.75, 3.05) is 0 Å². The molecule has 0 aliphatic carbocycles. The highest BCUT2D eigenvalue weighted by Crippen LogP contribution is 2.35. The van der Waals surface area contributed by atoms with Gasteiger partial charge in [0.25, 0.3) is 0 Å². The average molecular weight is 312 g/mol. The van der Waals surface area contributed by atoms with Gasteiger partial charge in [0.1, 0.15) is 5.82 Å². The van der Waals surface area contributed by atoms with Gasteiger partial charge >= 0.3 is 0 Å². The van der Waals surface area contributed by atoms with E-state index >= 15 is 0 Å². The lowest BCUT2D eigenvalue weighted by molar-refractivity contribution is 0.586. The van der Waals surface area contributed by atoms with Gasteiger partial charge in [-0.1, -0.05) is 55.2 Å². The van der Waals surface area contributed by atoms with E-state index in [2.05, 4.69) is 19.2 Å². The molecule has 0 amide bonds. The molecule has 0 fully saturated rings. The maximum atomic E-state index is 14.0. The van der Waals surface area contributed by atoms with Gasteiger partial charge in [-0.3, -0.25) is 0 Å². The highest BCUT2D eigenvalue weighted by Gasteiger charge is 2.12. The Labute approximate surface area is 128 Å². The van der Waals surface area contributed by atoms with Crippen molar-refractivity contribution in [3.05, 3.63) is 57.8 Å². The molecule has 2 rings (SSSR count). The van der Waals surface area contributed by atoms with Gasteiger partial charge in [0.15, 0.2) is 0 Å². The summed E-state index contributed by atoms with van der Waals surface area (Å²) in [7, 11) is 0. The first-order valence-corrected chi connectivity index (χ1v) is 7.21. The number of hydrogen-bond donors (Lipinski definition) is 1. The van der Waals surface area contributed by atoms with Gasteiger partial charge in [-0.05, 0) is 23.8 Å². The molecule has 0 spiro atoms. The van der Waals surface area contributed by atoms with Gasteiger partial charge in [-0.25, -0.2) is 4.39 Å². The van der Waals surface area contributed by atoms with Crippen LogP contribution in [0.2, 0.25) is 10.0 Å². The molecule has 0 atom stereocenters. The second-order valence-electron chi connectivity index (χ2n) is 4.95. The fraction of sp³-hybridized carbons (Fsp3) is 0.250. The first-order chi connectivity index (χ1) is 9.49. The van der Waals surface area contributed by atoms with Crippen LogP contribution in [0.15, 0.2) is 36.4 Å². The van der Waals surface area contributed by atoms with Gasteiger partial charge in [0, 0.05) is 23.7 Å². The molecule has 0 saturated carbocycles. The van der Waals surface area contributed by atoms with E-state index in [1.54, 1.807) is 24.3 Å². The average Bonchev–Trinajstić information content (AvgIpc) is 2.41. The van der Waals surface area contributed by atoms with Crippen LogP contribution in [0.25, 0.3) is 11.1 Å². The second-order valence-corrected chi connectivity index (χ2v) is 5.74. The summed E-state index contributed by atoms with van der Waals surface area (Å²) in [4.78, 5) is 0. The van der Waals surface area contributed by atoms with Crippen LogP contribution in [0.5, 0.6) is 0 Å². The zero-order chi connectivity index (χ0) is 14.7. The van der Waals surface area contributed by atoms with E-state index in [0.717, 1.165) is 5.56 Å². The Bertz CT molecular complexity index is 611. The Hall–Kier alpha value is -1.09. The minimum atomic E-state index is -0.303. The van der Waals surface area contributed by atoms with Crippen molar-refractivity contribution in [3.63, 3.8) is 0 Å². The topological polar surface area (TPSA) is 12.0 Å². The molecule has 2 aromatic rings. The molecule has 4 heteroatoms. The first kappa shape index (κ1) is 15.3. The van der Waals surface area contributed by atoms with Crippen molar-refractivity contribution < 1.29 is 4.39 Å². The van der Waals surface area contributed by atoms with Crippen LogP contribution >= 0.6 is 23.2 Å². The van der Waals surface area contributed by atoms with Crippen LogP contribution in [0, 0.1) is 5.82 Å². The summed E-state index contributed by atoms with van der Waals surface area (Å²) in [5, 5.41) is 4.11. The van der Waals surface area contributed by atoms with Gasteiger partial charge in [0.2, 0.25) is 0 Å². The molecule has 0 aliphatic rings. The SMILES string of the molecule is CC(C)NCc1ccc(F)c(-c2cccc(Cl)c2Cl)c1. The first-order valence-electron chi connectivity index (χ1n) is 6.45. The molecule has 0 unspecified atom stereocenters. The lowest BCUT2D eigenvalue weighted by atomic mass is 10.0. The summed E-state index contributed by atoms with van der Waals surface area (Å²) < 4.78 is 14.0. The molecule has 0 aromatic heterocycles. The highest BCUT2D eigenvalue weighted by atomic mass is 35.5. The zero-order valence-electron chi connectivity index (χ0n) is 11.4. The quantitative estimate of drug-likeness (QED) is 0.808. The third-order valence-electron chi connectivity index (χ3n) is 2.99. The van der Waals surface area contributed by atoms with Crippen molar-refractivity contribution in [3.8, 4) is 11.1 Å². The molecule has 20 heavy (non-hydrogen) atoms. The second kappa shape index (κ2) is 6.57. The largest absolute Gasteiger partial charge is 0.310 e. The summed E-state index contributed by atoms with van der Waals surface area (Å²) >= 11 is 12.2. The molecule has 0 bridgehead atoms. The molecule has 106 valence electrons. The summed E-state index contributed by atoms with van der Waals surface area (Å²) in [6.07, 6.45) is 0. The van der Waals surface area contributed by atoms with E-state index in [4.69, 9.17) is 23.2 Å². The minimum absolute atomic E-state index is 0.303. The Morgan fingerprint density at radius 3 is 2.55 bits per heavy atom. The van der Waals surface area contributed by atoms with E-state index in [0.29, 0.717) is 33.8 Å². The summed E-state index contributed by atoms with van der Waals surface area (Å²) in [5.74, 6) is -0.303. The third kappa shape index (κ3) is 3.51. The molecule has 0 heterocycles. The standard InChI is InChI=1S/C16H16Cl2FN/c1-10(2)20-9-11-6-7-15(19)13(8-11)12-4-3-5-14(17)16(12)18/h3-8,10,20H,9H2,1-2H3. The van der Waals surface area contributed by atoms with Crippen LogP contribution in [0.1, 0.15) is 19.4 Å². The van der Waals surface area contributed by atoms with Gasteiger partial charge in [-0.2, -0.15) is 0 Å². The molecule has 0 saturated heterocycles. The van der Waals surface area contributed by atoms with Crippen LogP contribution in [-0.2, 0) is 6.54 Å². The summed E-state index contributed by atoms with van der Waals surface area (Å²) in [6, 6.07) is 10.6. The number of hydrogen-bond acceptors (Lipinski definition) is 1. The van der Waals surface area contributed by atoms with Gasteiger partial charge < -0.3 is 5.32 Å². The molecule has 0 radical (unpaired) electrons. The van der Waals surface area contributed by atoms with Crippen molar-refractivity contribution in [1.82, 2.24) is 5.32 Å². The van der Waals surface area contributed by atoms with E-state index in [9.17, 15) is 4.39 Å². The van der Waals surface area contributed by atoms with E-state index in [-0.39, 0.29) is 5.82 Å². The lowest BCUT2D eigenvalue weighted by Gasteiger charge is -2.12. The van der Waals surface area contributed by atoms with Gasteiger partial charge in [-0.15, -0.1) is 0 Å². The Morgan fingerprint density at radius 1 is 1.10 bits per heavy atom. The van der Waals surface area contributed by atoms with Crippen LogP contribution in [-0.4, -0.2) is 6.04 Å². The molecular formula is C16H16Cl2FN. The zero-order valence-corrected chi connectivity index (χ0v) is 12.9. The number of nitrogens with one attached hydrogen (secondary N) is 1. The van der Waals surface area contributed by atoms with Crippen molar-refractivity contribution in [2.45, 2.75) is 26.4 Å². The Kier molecular flexibility index (Phi) is 5.03. The smallest absolute Gasteiger partial charge is 0.131 e. The summed E-state index contributed by atoms with van der Waals surface area (Å²) in [6.45, 7) is 4.82. The van der Waals surface area contributed by atoms with E-state index in [1.807, 2.05) is 6.07 Å². The van der Waals surface area contributed by atoms with Crippen molar-refractivity contribution >= 4 is 23.2 Å². The molecular weight excluding hydrogens is 296 g/mol. The fourth-order valence-corrected chi connectivity index (χ4v) is 2.32. The highest BCUT2D eigenvalue weighted by molar-refractivity contribution is 6.43. The van der Waals surface area contributed by atoms with Crippen LogP contribution in [0.4, 0.5) is 4.39 Å².